The van der Waals surface area contributed by atoms with E-state index in [0.717, 1.165) is 0 Å². The summed E-state index contributed by atoms with van der Waals surface area (Å²) >= 11 is 0. The van der Waals surface area contributed by atoms with E-state index in [9.17, 15) is 0 Å². The summed E-state index contributed by atoms with van der Waals surface area (Å²) in [5.74, 6) is 0. The fourth-order valence-electron chi connectivity index (χ4n) is 0. The molecule has 0 aliphatic rings. The van der Waals surface area contributed by atoms with Crippen molar-refractivity contribution in [3.63, 3.8) is 0 Å². The van der Waals surface area contributed by atoms with Gasteiger partial charge < -0.3 is 21.9 Å². The van der Waals surface area contributed by atoms with Gasteiger partial charge in [-0.1, -0.05) is 0 Å². The van der Waals surface area contributed by atoms with Crippen LogP contribution >= 0.6 is 0 Å². The normalized spacial score (nSPS) is 0. The van der Waals surface area contributed by atoms with Crippen molar-refractivity contribution in [3.8, 4) is 0 Å². The van der Waals surface area contributed by atoms with Crippen LogP contribution in [0.25, 0.3) is 0 Å². The maximum atomic E-state index is 0. The first-order valence-corrected chi connectivity index (χ1v) is 0. The minimum atomic E-state index is 0. The molecule has 0 aromatic carbocycles. The first kappa shape index (κ1) is 112. The molecule has 0 aromatic heterocycles. The van der Waals surface area contributed by atoms with E-state index in [-0.39, 0.29) is 80.7 Å². The molecule has 0 unspecified atom stereocenters. The maximum absolute atomic E-state index is 0. The first-order chi connectivity index (χ1) is 0. The van der Waals surface area contributed by atoms with Crippen LogP contribution in [0.5, 0.6) is 0 Å². The van der Waals surface area contributed by atoms with E-state index in [0.29, 0.717) is 0 Å². The Bertz CT molecular complexity index is 7.51. The summed E-state index contributed by atoms with van der Waals surface area (Å²) in [6, 6.07) is 0. The number of hydrogen-bond donors (Lipinski definition) is 0. The second-order valence-corrected chi connectivity index (χ2v) is 0. The molecular weight excluding hydrogens is 200 g/mol. The fraction of sp³-hybridized carbons (Fsp3) is 0. The van der Waals surface area contributed by atoms with Gasteiger partial charge >= 0.3 is 37.7 Å². The van der Waals surface area contributed by atoms with Crippen LogP contribution in [0, 0.1) is 0 Å². The van der Waals surface area contributed by atoms with Gasteiger partial charge in [0.05, 0.1) is 0 Å². The van der Waals surface area contributed by atoms with Crippen molar-refractivity contribution in [3.05, 3.63) is 0 Å². The molecule has 0 aliphatic heterocycles. The van der Waals surface area contributed by atoms with Crippen LogP contribution in [0.15, 0.2) is 0 Å². The zero-order valence-corrected chi connectivity index (χ0v) is 6.96. The van der Waals surface area contributed by atoms with Crippen LogP contribution in [0.1, 0.15) is 0 Å². The number of rotatable bonds is 0. The van der Waals surface area contributed by atoms with Gasteiger partial charge in [-0.25, -0.2) is 0 Å². The molecule has 0 aromatic rings. The van der Waals surface area contributed by atoms with Crippen molar-refractivity contribution in [2.24, 2.45) is 0 Å². The SMILES string of the molecule is [Ca+2].[Mo].[O-2].[O-2].[O-2].[O-2]. The van der Waals surface area contributed by atoms with Crippen molar-refractivity contribution in [2.45, 2.75) is 0 Å². The Labute approximate surface area is 79.8 Å². The molecule has 0 fully saturated rings. The minimum Gasteiger partial charge on any atom is -2.00 e. The Kier molecular flexibility index (Phi) is 1330. The minimum absolute atomic E-state index is 0. The van der Waals surface area contributed by atoms with Gasteiger partial charge in [0.15, 0.2) is 0 Å². The van der Waals surface area contributed by atoms with E-state index >= 15 is 0 Å². The molecule has 0 spiro atoms. The average Bonchev–Trinajstić information content (AvgIpc) is 0. The molecular formula is CaMoO4-6. The fourth-order valence-corrected chi connectivity index (χ4v) is 0. The van der Waals surface area contributed by atoms with Crippen molar-refractivity contribution >= 4 is 37.7 Å². The maximum Gasteiger partial charge on any atom is 2.00 e. The Morgan fingerprint density at radius 2 is 0.500 bits per heavy atom. The van der Waals surface area contributed by atoms with Crippen molar-refractivity contribution in [2.75, 3.05) is 0 Å². The molecule has 0 amide bonds. The van der Waals surface area contributed by atoms with Gasteiger partial charge in [0, 0.05) is 21.1 Å². The van der Waals surface area contributed by atoms with Crippen molar-refractivity contribution < 1.29 is 43.0 Å². The van der Waals surface area contributed by atoms with E-state index in [4.69, 9.17) is 0 Å². The predicted octanol–water partition coefficient (Wildman–Crippen LogP) is -0.859. The van der Waals surface area contributed by atoms with Gasteiger partial charge in [0.1, 0.15) is 0 Å². The summed E-state index contributed by atoms with van der Waals surface area (Å²) in [7, 11) is 0. The van der Waals surface area contributed by atoms with Crippen LogP contribution in [0.4, 0.5) is 0 Å². The van der Waals surface area contributed by atoms with E-state index in [1.165, 1.54) is 0 Å². The van der Waals surface area contributed by atoms with Gasteiger partial charge in [-0.3, -0.25) is 0 Å². The van der Waals surface area contributed by atoms with Crippen molar-refractivity contribution in [1.29, 1.82) is 0 Å². The Hall–Kier alpha value is 1.79. The van der Waals surface area contributed by atoms with Crippen molar-refractivity contribution in [1.82, 2.24) is 0 Å². The van der Waals surface area contributed by atoms with Crippen LogP contribution in [0.3, 0.4) is 0 Å². The molecule has 0 rings (SSSR count). The molecule has 4 nitrogen and oxygen atoms in total. The molecule has 0 heterocycles. The summed E-state index contributed by atoms with van der Waals surface area (Å²) in [6.07, 6.45) is 0. The first-order valence-electron chi connectivity index (χ1n) is 0. The summed E-state index contributed by atoms with van der Waals surface area (Å²) in [5.41, 5.74) is 0. The van der Waals surface area contributed by atoms with Crippen LogP contribution in [-0.4, -0.2) is 37.7 Å². The molecule has 0 saturated heterocycles. The summed E-state index contributed by atoms with van der Waals surface area (Å²) in [5, 5.41) is 0. The quantitative estimate of drug-likeness (QED) is 0.453. The van der Waals surface area contributed by atoms with Crippen LogP contribution < -0.4 is 0 Å². The largest absolute Gasteiger partial charge is 2.00 e. The van der Waals surface area contributed by atoms with Crippen LogP contribution in [0.2, 0.25) is 0 Å². The topological polar surface area (TPSA) is 114 Å². The predicted molar refractivity (Wildman–Crippen MR) is 8.50 cm³/mol. The zero-order chi connectivity index (χ0) is 0. The summed E-state index contributed by atoms with van der Waals surface area (Å²) in [6.45, 7) is 0. The molecule has 0 N–H and O–H groups in total. The summed E-state index contributed by atoms with van der Waals surface area (Å²) < 4.78 is 0. The van der Waals surface area contributed by atoms with Gasteiger partial charge in [0.25, 0.3) is 0 Å². The van der Waals surface area contributed by atoms with Crippen LogP contribution in [-0.2, 0) is 43.0 Å². The van der Waals surface area contributed by atoms with E-state index < -0.39 is 0 Å². The third-order valence-electron chi connectivity index (χ3n) is 0. The molecule has 0 radical (unpaired) electrons. The van der Waals surface area contributed by atoms with Gasteiger partial charge in [-0.15, -0.1) is 0 Å². The van der Waals surface area contributed by atoms with Gasteiger partial charge in [0.2, 0.25) is 0 Å². The molecule has 0 saturated carbocycles. The Balaban J connectivity index is 0. The standard InChI is InChI=1S/Ca.Mo.4O/q+2;;4*-2. The molecule has 0 aliphatic carbocycles. The molecule has 38 valence electrons. The number of hydrogen-bond acceptors (Lipinski definition) is 0. The smallest absolute Gasteiger partial charge is 2.00 e. The third kappa shape index (κ3) is 41.5. The van der Waals surface area contributed by atoms with Gasteiger partial charge in [-0.05, 0) is 0 Å². The van der Waals surface area contributed by atoms with Gasteiger partial charge in [-0.2, -0.15) is 0 Å². The molecule has 6 heavy (non-hydrogen) atoms. The second kappa shape index (κ2) is 71.1. The molecule has 6 heteroatoms. The third-order valence-corrected chi connectivity index (χ3v) is 0. The average molecular weight is 200 g/mol. The Morgan fingerprint density at radius 3 is 0.500 bits per heavy atom. The monoisotopic (exact) mass is 202 g/mol. The second-order valence-electron chi connectivity index (χ2n) is 0. The van der Waals surface area contributed by atoms with E-state index in [2.05, 4.69) is 0 Å². The Morgan fingerprint density at radius 1 is 0.500 bits per heavy atom. The van der Waals surface area contributed by atoms with E-state index in [1.807, 2.05) is 0 Å². The zero-order valence-electron chi connectivity index (χ0n) is 2.75. The van der Waals surface area contributed by atoms with E-state index in [1.54, 1.807) is 0 Å². The summed E-state index contributed by atoms with van der Waals surface area (Å²) in [4.78, 5) is 0. The molecule has 0 bridgehead atoms. The molecule has 0 atom stereocenters.